The van der Waals surface area contributed by atoms with Crippen LogP contribution in [-0.4, -0.2) is 13.1 Å². The van der Waals surface area contributed by atoms with Gasteiger partial charge in [0.05, 0.1) is 12.7 Å². The molecular formula is C12H10N2O2. The molecule has 1 aromatic rings. The molecule has 4 nitrogen and oxygen atoms in total. The number of anilines is 1. The normalized spacial score (nSPS) is 8.56. The average molecular weight is 214 g/mol. The second-order valence-electron chi connectivity index (χ2n) is 3.09. The van der Waals surface area contributed by atoms with Crippen LogP contribution < -0.4 is 5.73 Å². The monoisotopic (exact) mass is 214 g/mol. The van der Waals surface area contributed by atoms with Crippen LogP contribution in [0.25, 0.3) is 0 Å². The summed E-state index contributed by atoms with van der Waals surface area (Å²) in [7, 11) is 1.30. The van der Waals surface area contributed by atoms with E-state index in [9.17, 15) is 4.79 Å². The van der Waals surface area contributed by atoms with Crippen molar-refractivity contribution in [3.63, 3.8) is 0 Å². The van der Waals surface area contributed by atoms with Gasteiger partial charge < -0.3 is 10.5 Å². The number of carbonyl (C=O) groups is 1. The van der Waals surface area contributed by atoms with Crippen LogP contribution in [0.4, 0.5) is 5.69 Å². The second kappa shape index (κ2) is 4.86. The molecule has 4 heteroatoms. The fourth-order valence-electron chi connectivity index (χ4n) is 1.23. The molecule has 0 aromatic heterocycles. The van der Waals surface area contributed by atoms with E-state index in [-0.39, 0.29) is 0 Å². The highest BCUT2D eigenvalue weighted by Gasteiger charge is 2.12. The van der Waals surface area contributed by atoms with E-state index in [2.05, 4.69) is 16.6 Å². The highest BCUT2D eigenvalue weighted by Crippen LogP contribution is 2.19. The Bertz CT molecular complexity index is 530. The predicted octanol–water partition coefficient (Wildman–Crippen LogP) is 1.24. The lowest BCUT2D eigenvalue weighted by atomic mass is 10.0. The van der Waals surface area contributed by atoms with Gasteiger partial charge in [-0.05, 0) is 24.6 Å². The van der Waals surface area contributed by atoms with Crippen molar-refractivity contribution in [3.05, 3.63) is 28.8 Å². The first-order valence-corrected chi connectivity index (χ1v) is 4.48. The molecule has 0 aliphatic carbocycles. The quantitative estimate of drug-likeness (QED) is 0.433. The van der Waals surface area contributed by atoms with Gasteiger partial charge in [-0.1, -0.05) is 5.92 Å². The molecule has 0 saturated carbocycles. The van der Waals surface area contributed by atoms with Gasteiger partial charge in [-0.15, -0.1) is 0 Å². The Hall–Kier alpha value is -2.46. The topological polar surface area (TPSA) is 76.1 Å². The second-order valence-corrected chi connectivity index (χ2v) is 3.09. The predicted molar refractivity (Wildman–Crippen MR) is 59.4 cm³/mol. The number of nitrogen functional groups attached to an aromatic ring is 1. The summed E-state index contributed by atoms with van der Waals surface area (Å²) < 4.78 is 4.62. The summed E-state index contributed by atoms with van der Waals surface area (Å²) >= 11 is 0. The van der Waals surface area contributed by atoms with Crippen molar-refractivity contribution < 1.29 is 9.53 Å². The van der Waals surface area contributed by atoms with Crippen molar-refractivity contribution in [3.8, 4) is 17.9 Å². The Kier molecular flexibility index (Phi) is 3.53. The Balaban J connectivity index is 3.34. The molecule has 0 aliphatic heterocycles. The summed E-state index contributed by atoms with van der Waals surface area (Å²) in [5, 5.41) is 8.33. The molecule has 2 N–H and O–H groups in total. The van der Waals surface area contributed by atoms with Gasteiger partial charge in [0.2, 0.25) is 0 Å². The van der Waals surface area contributed by atoms with Gasteiger partial charge >= 0.3 is 5.97 Å². The van der Waals surface area contributed by atoms with Crippen LogP contribution in [-0.2, 0) is 4.74 Å². The average Bonchev–Trinajstić information content (AvgIpc) is 2.29. The fraction of sp³-hybridized carbons (Fsp3) is 0.167. The van der Waals surface area contributed by atoms with Crippen molar-refractivity contribution in [1.29, 1.82) is 5.26 Å². The van der Waals surface area contributed by atoms with E-state index in [0.29, 0.717) is 22.4 Å². The molecule has 0 saturated heterocycles. The highest BCUT2D eigenvalue weighted by molar-refractivity contribution is 5.93. The minimum absolute atomic E-state index is 0.365. The van der Waals surface area contributed by atoms with E-state index in [1.807, 2.05) is 0 Å². The third-order valence-electron chi connectivity index (χ3n) is 2.12. The van der Waals surface area contributed by atoms with E-state index in [0.717, 1.165) is 0 Å². The molecule has 0 radical (unpaired) electrons. The van der Waals surface area contributed by atoms with Gasteiger partial charge in [0, 0.05) is 17.2 Å². The summed E-state index contributed by atoms with van der Waals surface area (Å²) in [4.78, 5) is 11.4. The molecule has 1 rings (SSSR count). The van der Waals surface area contributed by atoms with Crippen molar-refractivity contribution >= 4 is 11.7 Å². The Morgan fingerprint density at radius 3 is 2.75 bits per heavy atom. The molecule has 16 heavy (non-hydrogen) atoms. The van der Waals surface area contributed by atoms with E-state index >= 15 is 0 Å². The maximum atomic E-state index is 11.4. The molecule has 0 amide bonds. The molecular weight excluding hydrogens is 204 g/mol. The number of benzene rings is 1. The molecule has 0 unspecified atom stereocenters. The highest BCUT2D eigenvalue weighted by atomic mass is 16.5. The number of nitrogens with zero attached hydrogens (tertiary/aromatic N) is 1. The number of ether oxygens (including phenoxy) is 1. The van der Waals surface area contributed by atoms with Crippen molar-refractivity contribution in [2.75, 3.05) is 12.8 Å². The van der Waals surface area contributed by atoms with Crippen LogP contribution >= 0.6 is 0 Å². The lowest BCUT2D eigenvalue weighted by Crippen LogP contribution is -2.06. The number of carbonyl (C=O) groups excluding carboxylic acids is 1. The third kappa shape index (κ3) is 2.31. The molecule has 0 aliphatic rings. The van der Waals surface area contributed by atoms with Crippen LogP contribution in [0, 0.1) is 30.1 Å². The van der Waals surface area contributed by atoms with Crippen LogP contribution in [0.2, 0.25) is 0 Å². The zero-order chi connectivity index (χ0) is 12.1. The number of hydrogen-bond donors (Lipinski definition) is 1. The van der Waals surface area contributed by atoms with Gasteiger partial charge in [-0.25, -0.2) is 4.79 Å². The van der Waals surface area contributed by atoms with E-state index in [4.69, 9.17) is 11.0 Å². The van der Waals surface area contributed by atoms with Crippen LogP contribution in [0.5, 0.6) is 0 Å². The number of methoxy groups -OCH3 is 1. The summed E-state index contributed by atoms with van der Waals surface area (Å²) in [5.74, 6) is 4.36. The van der Waals surface area contributed by atoms with Crippen molar-refractivity contribution in [2.45, 2.75) is 6.92 Å². The van der Waals surface area contributed by atoms with Gasteiger partial charge in [0.25, 0.3) is 0 Å². The van der Waals surface area contributed by atoms with Gasteiger partial charge in [-0.3, -0.25) is 0 Å². The first-order chi connectivity index (χ1) is 7.60. The lowest BCUT2D eigenvalue weighted by molar-refractivity contribution is 0.0600. The Morgan fingerprint density at radius 2 is 2.19 bits per heavy atom. The molecule has 1 aromatic carbocycles. The summed E-state index contributed by atoms with van der Waals surface area (Å²) in [5.41, 5.74) is 7.71. The van der Waals surface area contributed by atoms with E-state index in [1.54, 1.807) is 25.1 Å². The Labute approximate surface area is 93.6 Å². The number of hydrogen-bond acceptors (Lipinski definition) is 4. The van der Waals surface area contributed by atoms with Gasteiger partial charge in [-0.2, -0.15) is 5.26 Å². The Morgan fingerprint density at radius 1 is 1.50 bits per heavy atom. The van der Waals surface area contributed by atoms with Crippen LogP contribution in [0.1, 0.15) is 21.5 Å². The maximum absolute atomic E-state index is 11.4. The summed E-state index contributed by atoms with van der Waals surface area (Å²) in [6.07, 6.45) is 0. The molecule has 0 heterocycles. The fourth-order valence-corrected chi connectivity index (χ4v) is 1.23. The summed E-state index contributed by atoms with van der Waals surface area (Å²) in [6.45, 7) is 1.73. The summed E-state index contributed by atoms with van der Waals surface area (Å²) in [6, 6.07) is 4.87. The number of nitriles is 1. The minimum atomic E-state index is -0.468. The zero-order valence-electron chi connectivity index (χ0n) is 9.00. The van der Waals surface area contributed by atoms with Crippen LogP contribution in [0.3, 0.4) is 0 Å². The minimum Gasteiger partial charge on any atom is -0.465 e. The first-order valence-electron chi connectivity index (χ1n) is 4.48. The smallest absolute Gasteiger partial charge is 0.338 e. The molecule has 80 valence electrons. The van der Waals surface area contributed by atoms with E-state index in [1.165, 1.54) is 7.11 Å². The van der Waals surface area contributed by atoms with E-state index < -0.39 is 5.97 Å². The molecule has 0 bridgehead atoms. The lowest BCUT2D eigenvalue weighted by Gasteiger charge is -2.07. The van der Waals surface area contributed by atoms with Crippen molar-refractivity contribution in [1.82, 2.24) is 0 Å². The standard InChI is InChI=1S/C12H10N2O2/c1-8-10(12(15)16-2)6-9(4-3-5-13)7-11(8)14/h6-7H,14H2,1-2H3. The number of rotatable bonds is 1. The molecule has 0 spiro atoms. The first kappa shape index (κ1) is 11.6. The molecule has 0 fully saturated rings. The third-order valence-corrected chi connectivity index (χ3v) is 2.12. The van der Waals surface area contributed by atoms with Crippen molar-refractivity contribution in [2.24, 2.45) is 0 Å². The van der Waals surface area contributed by atoms with Crippen LogP contribution in [0.15, 0.2) is 12.1 Å². The van der Waals surface area contributed by atoms with Gasteiger partial charge in [0.15, 0.2) is 6.07 Å². The molecule has 0 atom stereocenters. The largest absolute Gasteiger partial charge is 0.465 e. The SMILES string of the molecule is COC(=O)c1cc(C#CC#N)cc(N)c1C. The maximum Gasteiger partial charge on any atom is 0.338 e. The number of esters is 1. The van der Waals surface area contributed by atoms with Gasteiger partial charge in [0.1, 0.15) is 0 Å². The zero-order valence-corrected chi connectivity index (χ0v) is 9.00. The number of nitrogens with two attached hydrogens (primary N) is 1.